The Morgan fingerprint density at radius 3 is 2.53 bits per heavy atom. The van der Waals surface area contributed by atoms with Gasteiger partial charge in [0.25, 0.3) is 0 Å². The maximum Gasteiger partial charge on any atom is 0.241 e. The number of nitrogens with zero attached hydrogens (tertiary/aromatic N) is 4. The molecular formula is C23H26ClN5O3. The van der Waals surface area contributed by atoms with Crippen molar-refractivity contribution >= 4 is 23.2 Å². The van der Waals surface area contributed by atoms with Crippen molar-refractivity contribution in [1.29, 1.82) is 0 Å². The first-order valence-electron chi connectivity index (χ1n) is 10.6. The number of nitrogens with one attached hydrogen (secondary N) is 1. The van der Waals surface area contributed by atoms with E-state index in [1.165, 1.54) is 0 Å². The Labute approximate surface area is 192 Å². The minimum absolute atomic E-state index is 0.0301. The van der Waals surface area contributed by atoms with Crippen molar-refractivity contribution in [2.45, 2.75) is 13.0 Å². The molecule has 2 aromatic carbocycles. The first-order chi connectivity index (χ1) is 15.6. The molecule has 2 heterocycles. The zero-order chi connectivity index (χ0) is 22.3. The van der Waals surface area contributed by atoms with Crippen LogP contribution in [0.4, 0.5) is 5.69 Å². The van der Waals surface area contributed by atoms with Crippen LogP contribution in [0.25, 0.3) is 11.4 Å². The summed E-state index contributed by atoms with van der Waals surface area (Å²) in [6, 6.07) is 14.8. The SMILES string of the molecule is COc1ccc(-c2noc(CN3CCN(CCC(=O)Nc4ccccc4Cl)CC3)n2)cc1. The molecule has 1 saturated heterocycles. The van der Waals surface area contributed by atoms with Gasteiger partial charge < -0.3 is 19.5 Å². The van der Waals surface area contributed by atoms with E-state index in [0.29, 0.717) is 41.9 Å². The third kappa shape index (κ3) is 5.85. The van der Waals surface area contributed by atoms with Crippen molar-refractivity contribution in [3.8, 4) is 17.1 Å². The summed E-state index contributed by atoms with van der Waals surface area (Å²) in [6.07, 6.45) is 0.431. The Balaban J connectivity index is 1.20. The molecule has 1 aromatic heterocycles. The van der Waals surface area contributed by atoms with E-state index in [-0.39, 0.29) is 5.91 Å². The van der Waals surface area contributed by atoms with Gasteiger partial charge in [-0.2, -0.15) is 4.98 Å². The smallest absolute Gasteiger partial charge is 0.241 e. The standard InChI is InChI=1S/C23H26ClN5O3/c1-31-18-8-6-17(7-9-18)23-26-22(32-27-23)16-29-14-12-28(13-15-29)11-10-21(30)25-20-5-3-2-4-19(20)24/h2-9H,10-16H2,1H3,(H,25,30). The molecule has 0 bridgehead atoms. The van der Waals surface area contributed by atoms with Gasteiger partial charge in [-0.3, -0.25) is 9.69 Å². The maximum atomic E-state index is 12.2. The normalized spacial score (nSPS) is 14.9. The second-order valence-electron chi connectivity index (χ2n) is 7.64. The highest BCUT2D eigenvalue weighted by atomic mass is 35.5. The Kier molecular flexibility index (Phi) is 7.36. The number of carbonyl (C=O) groups is 1. The number of ether oxygens (including phenoxy) is 1. The van der Waals surface area contributed by atoms with Gasteiger partial charge in [0.2, 0.25) is 17.6 Å². The molecule has 8 nitrogen and oxygen atoms in total. The zero-order valence-corrected chi connectivity index (χ0v) is 18.7. The Morgan fingerprint density at radius 1 is 1.09 bits per heavy atom. The molecule has 9 heteroatoms. The Hall–Kier alpha value is -2.94. The molecule has 0 radical (unpaired) electrons. The van der Waals surface area contributed by atoms with E-state index >= 15 is 0 Å². The van der Waals surface area contributed by atoms with Crippen LogP contribution in [0.2, 0.25) is 5.02 Å². The zero-order valence-electron chi connectivity index (χ0n) is 18.0. The fourth-order valence-electron chi connectivity index (χ4n) is 3.57. The summed E-state index contributed by atoms with van der Waals surface area (Å²) in [5.41, 5.74) is 1.54. The number of carbonyl (C=O) groups excluding carboxylic acids is 1. The maximum absolute atomic E-state index is 12.2. The number of anilines is 1. The van der Waals surface area contributed by atoms with Crippen LogP contribution in [-0.4, -0.2) is 65.7 Å². The van der Waals surface area contributed by atoms with Gasteiger partial charge in [-0.25, -0.2) is 0 Å². The van der Waals surface area contributed by atoms with E-state index in [2.05, 4.69) is 25.3 Å². The summed E-state index contributed by atoms with van der Waals surface area (Å²) in [5.74, 6) is 1.93. The molecule has 1 aliphatic rings. The van der Waals surface area contributed by atoms with Gasteiger partial charge in [0.1, 0.15) is 5.75 Å². The predicted octanol–water partition coefficient (Wildman–Crippen LogP) is 3.55. The summed E-state index contributed by atoms with van der Waals surface area (Å²) in [7, 11) is 1.64. The molecule has 1 amide bonds. The monoisotopic (exact) mass is 455 g/mol. The molecule has 0 atom stereocenters. The summed E-state index contributed by atoms with van der Waals surface area (Å²) >= 11 is 6.10. The average Bonchev–Trinajstić information content (AvgIpc) is 3.29. The van der Waals surface area contributed by atoms with Crippen molar-refractivity contribution < 1.29 is 14.1 Å². The highest BCUT2D eigenvalue weighted by molar-refractivity contribution is 6.33. The van der Waals surface area contributed by atoms with Gasteiger partial charge in [0, 0.05) is 44.7 Å². The first-order valence-corrected chi connectivity index (χ1v) is 10.9. The predicted molar refractivity (Wildman–Crippen MR) is 123 cm³/mol. The summed E-state index contributed by atoms with van der Waals surface area (Å²) in [5, 5.41) is 7.51. The van der Waals surface area contributed by atoms with Gasteiger partial charge in [0.05, 0.1) is 24.4 Å². The van der Waals surface area contributed by atoms with Gasteiger partial charge in [-0.05, 0) is 36.4 Å². The number of aromatic nitrogens is 2. The number of piperazine rings is 1. The van der Waals surface area contributed by atoms with Gasteiger partial charge in [-0.15, -0.1) is 0 Å². The van der Waals surface area contributed by atoms with Crippen LogP contribution < -0.4 is 10.1 Å². The topological polar surface area (TPSA) is 83.7 Å². The highest BCUT2D eigenvalue weighted by Gasteiger charge is 2.20. The van der Waals surface area contributed by atoms with Gasteiger partial charge >= 0.3 is 0 Å². The minimum atomic E-state index is -0.0301. The van der Waals surface area contributed by atoms with Crippen molar-refractivity contribution in [2.24, 2.45) is 0 Å². The second-order valence-corrected chi connectivity index (χ2v) is 8.04. The number of para-hydroxylation sites is 1. The van der Waals surface area contributed by atoms with Crippen LogP contribution in [0, 0.1) is 0 Å². The van der Waals surface area contributed by atoms with Crippen molar-refractivity contribution in [3.63, 3.8) is 0 Å². The van der Waals surface area contributed by atoms with Crippen molar-refractivity contribution in [3.05, 3.63) is 59.4 Å². The van der Waals surface area contributed by atoms with Crippen molar-refractivity contribution in [2.75, 3.05) is 45.2 Å². The van der Waals surface area contributed by atoms with Crippen LogP contribution in [0.5, 0.6) is 5.75 Å². The van der Waals surface area contributed by atoms with Crippen LogP contribution in [0.1, 0.15) is 12.3 Å². The molecule has 1 fully saturated rings. The molecule has 1 aliphatic heterocycles. The summed E-state index contributed by atoms with van der Waals surface area (Å²) < 4.78 is 10.6. The molecule has 3 aromatic rings. The molecule has 4 rings (SSSR count). The lowest BCUT2D eigenvalue weighted by molar-refractivity contribution is -0.116. The molecule has 0 unspecified atom stereocenters. The quantitative estimate of drug-likeness (QED) is 0.556. The number of amides is 1. The number of hydrogen-bond donors (Lipinski definition) is 1. The fraction of sp³-hybridized carbons (Fsp3) is 0.348. The molecule has 0 aliphatic carbocycles. The van der Waals surface area contributed by atoms with E-state index in [4.69, 9.17) is 20.9 Å². The van der Waals surface area contributed by atoms with E-state index in [9.17, 15) is 4.79 Å². The highest BCUT2D eigenvalue weighted by Crippen LogP contribution is 2.21. The lowest BCUT2D eigenvalue weighted by atomic mass is 10.2. The first kappa shape index (κ1) is 22.3. The van der Waals surface area contributed by atoms with E-state index < -0.39 is 0 Å². The second kappa shape index (κ2) is 10.6. The number of halogens is 1. The number of hydrogen-bond acceptors (Lipinski definition) is 7. The molecule has 32 heavy (non-hydrogen) atoms. The largest absolute Gasteiger partial charge is 0.497 e. The Bertz CT molecular complexity index is 1030. The Morgan fingerprint density at radius 2 is 1.81 bits per heavy atom. The number of benzene rings is 2. The van der Waals surface area contributed by atoms with Crippen LogP contribution in [-0.2, 0) is 11.3 Å². The van der Waals surface area contributed by atoms with E-state index in [0.717, 1.165) is 37.5 Å². The molecular weight excluding hydrogens is 430 g/mol. The third-order valence-electron chi connectivity index (χ3n) is 5.44. The molecule has 1 N–H and O–H groups in total. The molecule has 0 spiro atoms. The summed E-state index contributed by atoms with van der Waals surface area (Å²) in [4.78, 5) is 21.3. The van der Waals surface area contributed by atoms with Gasteiger partial charge in [0.15, 0.2) is 0 Å². The third-order valence-corrected chi connectivity index (χ3v) is 5.77. The van der Waals surface area contributed by atoms with E-state index in [1.54, 1.807) is 19.2 Å². The summed E-state index contributed by atoms with van der Waals surface area (Å²) in [6.45, 7) is 4.87. The van der Waals surface area contributed by atoms with Gasteiger partial charge in [-0.1, -0.05) is 28.9 Å². The molecule has 0 saturated carbocycles. The van der Waals surface area contributed by atoms with Crippen LogP contribution in [0.3, 0.4) is 0 Å². The van der Waals surface area contributed by atoms with Crippen LogP contribution in [0.15, 0.2) is 53.1 Å². The number of rotatable bonds is 8. The van der Waals surface area contributed by atoms with Crippen LogP contribution >= 0.6 is 11.6 Å². The fourth-order valence-corrected chi connectivity index (χ4v) is 3.76. The molecule has 168 valence electrons. The lowest BCUT2D eigenvalue weighted by Crippen LogP contribution is -2.46. The van der Waals surface area contributed by atoms with E-state index in [1.807, 2.05) is 36.4 Å². The number of methoxy groups -OCH3 is 1. The minimum Gasteiger partial charge on any atom is -0.497 e. The average molecular weight is 456 g/mol. The lowest BCUT2D eigenvalue weighted by Gasteiger charge is -2.33. The van der Waals surface area contributed by atoms with Crippen molar-refractivity contribution in [1.82, 2.24) is 19.9 Å².